The van der Waals surface area contributed by atoms with Crippen LogP contribution in [0.3, 0.4) is 0 Å². The summed E-state index contributed by atoms with van der Waals surface area (Å²) in [6.07, 6.45) is -2.09. The Hall–Kier alpha value is -1.39. The van der Waals surface area contributed by atoms with Crippen LogP contribution in [0.2, 0.25) is 0 Å². The molecular weight excluding hydrogens is 1160 g/mol. The average molecular weight is 1200 g/mol. The van der Waals surface area contributed by atoms with E-state index >= 15 is 0 Å². The number of anilines is 4. The molecule has 4 aliphatic heterocycles. The molecule has 2 aromatic carbocycles. The topological polar surface area (TPSA) is 221 Å². The summed E-state index contributed by atoms with van der Waals surface area (Å²) < 4.78 is 74.3. The molecule has 4 heterocycles. The number of ether oxygens (including phenoxy) is 2. The third kappa shape index (κ3) is 12.1. The molecule has 2 radical (unpaired) electrons. The van der Waals surface area contributed by atoms with Crippen LogP contribution in [0.25, 0.3) is 11.5 Å². The molecule has 0 unspecified atom stereocenters. The van der Waals surface area contributed by atoms with Gasteiger partial charge in [0.25, 0.3) is 6.47 Å². The van der Waals surface area contributed by atoms with Crippen molar-refractivity contribution in [3.63, 3.8) is 0 Å². The largest absolute Gasteiger partial charge is 0.674 e. The van der Waals surface area contributed by atoms with E-state index in [4.69, 9.17) is 35.6 Å². The second-order valence-electron chi connectivity index (χ2n) is 11.6. The predicted molar refractivity (Wildman–Crippen MR) is 186 cm³/mol. The van der Waals surface area contributed by atoms with Crippen molar-refractivity contribution in [2.45, 2.75) is 12.2 Å². The average Bonchev–Trinajstić information content (AvgIpc) is 3.67. The number of cyclic esters (lactones) is 2. The van der Waals surface area contributed by atoms with Crippen LogP contribution >= 0.6 is 0 Å². The van der Waals surface area contributed by atoms with E-state index in [9.17, 15) is 26.8 Å². The summed E-state index contributed by atoms with van der Waals surface area (Å²) in [6, 6.07) is 9.10. The third-order valence-corrected chi connectivity index (χ3v) is 12.4. The van der Waals surface area contributed by atoms with Gasteiger partial charge in [0.05, 0.1) is 35.8 Å². The van der Waals surface area contributed by atoms with Gasteiger partial charge in [-0.05, 0) is 36.4 Å². The maximum absolute atomic E-state index is 14.5. The Morgan fingerprint density at radius 2 is 1.19 bits per heavy atom. The second kappa shape index (κ2) is 21.1. The van der Waals surface area contributed by atoms with Gasteiger partial charge in [-0.25, -0.2) is 31.2 Å². The Kier molecular flexibility index (Phi) is 18.9. The molecule has 4 N–H and O–H groups in total. The standard InChI is InChI=1S/C15H20FN4O3S.C14H18FN4O3S.CH2O2.2Ac/c1-18-24(22)6-4-19(5-7-24)14-3-2-11(8-13(14)16)20-10-12(9-17)23-15(20)21;15-12-7-10(19-9-11(8-16)22-14(19)20)1-2-13(12)18-3-5-23(17,21)6-4-18;2-1-3;;/h2-3,8,12,17H,4-7,9-10H2,1H3;1-2,7,11,16-17H,3-6,8-9H2;1H,(H,2,3);;/q2*-1;;;/t12-;11-;;;/m00.../s1. The fraction of sp³-hybridized carbons (Fsp3) is 0.500. The maximum Gasteiger partial charge on any atom is 0.414 e. The van der Waals surface area contributed by atoms with E-state index in [0.717, 1.165) is 0 Å². The summed E-state index contributed by atoms with van der Waals surface area (Å²) in [5, 5.41) is 6.89. The van der Waals surface area contributed by atoms with Gasteiger partial charge in [-0.3, -0.25) is 19.4 Å². The van der Waals surface area contributed by atoms with Crippen molar-refractivity contribution in [1.29, 1.82) is 4.78 Å². The summed E-state index contributed by atoms with van der Waals surface area (Å²) in [6.45, 7) is 1.94. The van der Waals surface area contributed by atoms with Crippen LogP contribution in [0.4, 0.5) is 41.1 Å². The van der Waals surface area contributed by atoms with Crippen molar-refractivity contribution in [1.82, 2.24) is 0 Å². The van der Waals surface area contributed by atoms with E-state index in [1.54, 1.807) is 36.2 Å². The monoisotopic (exact) mass is 1200 g/mol. The number of nitrogens with one attached hydrogen (secondary N) is 3. The smallest absolute Gasteiger partial charge is 0.414 e. The SMILES string of the molecule is CN=S1(=O)CCN(c2ccc(N3C[C@H](C[NH-])OC3=O)cc2F)CC1.N=S1(=O)CCN(c2ccc(N3C[C@H](C[NH-])OC3=O)cc2F)CC1.O=CO.[Ac].[Ac]. The van der Waals surface area contributed by atoms with Crippen LogP contribution in [0.5, 0.6) is 0 Å². The summed E-state index contributed by atoms with van der Waals surface area (Å²) in [5.74, 6) is 0.414. The summed E-state index contributed by atoms with van der Waals surface area (Å²) in [5.41, 5.74) is 16.2. The molecular formula is C30H40Ac2F2N8O8S2-2. The summed E-state index contributed by atoms with van der Waals surface area (Å²) in [4.78, 5) is 38.2. The predicted octanol–water partition coefficient (Wildman–Crippen LogP) is 3.89. The molecule has 4 saturated heterocycles. The number of carbonyl (C=O) groups is 3. The number of halogens is 2. The van der Waals surface area contributed by atoms with Gasteiger partial charge in [0.15, 0.2) is 0 Å². The Morgan fingerprint density at radius 1 is 0.827 bits per heavy atom. The molecule has 0 aliphatic carbocycles. The molecule has 2 amide bonds. The fourth-order valence-corrected chi connectivity index (χ4v) is 8.45. The zero-order chi connectivity index (χ0) is 36.6. The first-order chi connectivity index (χ1) is 23.8. The number of amides is 2. The Labute approximate surface area is 373 Å². The Morgan fingerprint density at radius 3 is 1.50 bits per heavy atom. The molecule has 16 nitrogen and oxygen atoms in total. The summed E-state index contributed by atoms with van der Waals surface area (Å²) in [7, 11) is -3.11. The number of benzene rings is 2. The van der Waals surface area contributed by atoms with E-state index in [-0.39, 0.29) is 132 Å². The van der Waals surface area contributed by atoms with Gasteiger partial charge < -0.3 is 35.8 Å². The molecule has 6 rings (SSSR count). The Balaban J connectivity index is 0.000000324. The zero-order valence-corrected chi connectivity index (χ0v) is 39.6. The van der Waals surface area contributed by atoms with Gasteiger partial charge in [0, 0.05) is 164 Å². The van der Waals surface area contributed by atoms with Crippen molar-refractivity contribution in [2.75, 3.05) is 102 Å². The van der Waals surface area contributed by atoms with E-state index in [0.29, 0.717) is 60.4 Å². The van der Waals surface area contributed by atoms with Crippen LogP contribution in [-0.4, -0.2) is 127 Å². The van der Waals surface area contributed by atoms with Gasteiger partial charge in [-0.2, -0.15) is 0 Å². The first kappa shape index (κ1) is 46.8. The van der Waals surface area contributed by atoms with Crippen LogP contribution in [-0.2, 0) is 33.7 Å². The van der Waals surface area contributed by atoms with Crippen molar-refractivity contribution >= 4 is 60.9 Å². The molecule has 282 valence electrons. The molecule has 4 fully saturated rings. The van der Waals surface area contributed by atoms with Crippen LogP contribution < -0.4 is 19.6 Å². The van der Waals surface area contributed by atoms with E-state index in [1.807, 2.05) is 4.90 Å². The molecule has 0 aromatic heterocycles. The number of carboxylic acid groups (broad SMARTS) is 1. The van der Waals surface area contributed by atoms with E-state index in [1.165, 1.54) is 21.9 Å². The van der Waals surface area contributed by atoms with Crippen molar-refractivity contribution in [3.05, 3.63) is 59.5 Å². The maximum atomic E-state index is 14.5. The van der Waals surface area contributed by atoms with Crippen LogP contribution in [0.15, 0.2) is 40.8 Å². The normalized spacial score (nSPS) is 21.6. The first-order valence-electron chi connectivity index (χ1n) is 15.5. The summed E-state index contributed by atoms with van der Waals surface area (Å²) >= 11 is 0. The zero-order valence-electron chi connectivity index (χ0n) is 28.4. The van der Waals surface area contributed by atoms with E-state index in [2.05, 4.69) is 4.36 Å². The minimum atomic E-state index is -2.53. The van der Waals surface area contributed by atoms with Crippen molar-refractivity contribution < 1.29 is 134 Å². The first-order valence-corrected chi connectivity index (χ1v) is 19.3. The molecule has 0 bridgehead atoms. The van der Waals surface area contributed by atoms with Gasteiger partial charge in [0.2, 0.25) is 0 Å². The number of hydrogen-bond acceptors (Lipinski definition) is 11. The van der Waals surface area contributed by atoms with Gasteiger partial charge in [-0.1, -0.05) is 0 Å². The van der Waals surface area contributed by atoms with Crippen molar-refractivity contribution in [2.24, 2.45) is 4.36 Å². The quantitative estimate of drug-likeness (QED) is 0.398. The van der Waals surface area contributed by atoms with E-state index < -0.39 is 55.5 Å². The minimum Gasteiger partial charge on any atom is -0.674 e. The number of carbonyl (C=O) groups excluding carboxylic acids is 2. The van der Waals surface area contributed by atoms with Crippen molar-refractivity contribution in [3.8, 4) is 0 Å². The number of hydrogen-bond donors (Lipinski definition) is 2. The molecule has 0 saturated carbocycles. The molecule has 2 aromatic rings. The van der Waals surface area contributed by atoms with Crippen LogP contribution in [0.1, 0.15) is 0 Å². The minimum absolute atomic E-state index is 0. The van der Waals surface area contributed by atoms with Crippen LogP contribution in [0, 0.1) is 105 Å². The molecule has 4 aliphatic rings. The fourth-order valence-electron chi connectivity index (χ4n) is 5.63. The van der Waals surface area contributed by atoms with Gasteiger partial charge >= 0.3 is 12.2 Å². The molecule has 2 atom stereocenters. The second-order valence-corrected chi connectivity index (χ2v) is 16.7. The number of nitrogens with zero attached hydrogens (tertiary/aromatic N) is 5. The Bertz CT molecular complexity index is 1780. The third-order valence-electron chi connectivity index (χ3n) is 8.45. The number of rotatable bonds is 6. The molecule has 22 heteroatoms. The van der Waals surface area contributed by atoms with Gasteiger partial charge in [0.1, 0.15) is 23.8 Å². The molecule has 0 spiro atoms. The molecule has 52 heavy (non-hydrogen) atoms. The van der Waals surface area contributed by atoms with Gasteiger partial charge in [-0.15, -0.1) is 13.1 Å².